The van der Waals surface area contributed by atoms with Crippen molar-refractivity contribution >= 4 is 0 Å². The Morgan fingerprint density at radius 1 is 1.16 bits per heavy atom. The molecule has 0 amide bonds. The first kappa shape index (κ1) is 18.8. The lowest BCUT2D eigenvalue weighted by Crippen LogP contribution is -2.17. The number of nitriles is 1. The summed E-state index contributed by atoms with van der Waals surface area (Å²) in [5.74, 6) is 1.18. The Bertz CT molecular complexity index is 713. The van der Waals surface area contributed by atoms with E-state index in [4.69, 9.17) is 14.7 Å². The summed E-state index contributed by atoms with van der Waals surface area (Å²) in [5, 5.41) is 11.9. The molecule has 0 atom stereocenters. The molecule has 132 valence electrons. The van der Waals surface area contributed by atoms with Gasteiger partial charge in [0.25, 0.3) is 0 Å². The molecule has 2 aromatic carbocycles. The Hall–Kier alpha value is -2.58. The molecule has 0 aliphatic heterocycles. The van der Waals surface area contributed by atoms with Crippen LogP contribution in [0, 0.1) is 17.1 Å². The van der Waals surface area contributed by atoms with Gasteiger partial charge in [0.2, 0.25) is 0 Å². The molecule has 2 aromatic rings. The fourth-order valence-corrected chi connectivity index (χ4v) is 2.43. The molecule has 0 saturated carbocycles. The van der Waals surface area contributed by atoms with Crippen LogP contribution in [0.1, 0.15) is 24.0 Å². The fraction of sp³-hybridized carbons (Fsp3) is 0.350. The summed E-state index contributed by atoms with van der Waals surface area (Å²) in [7, 11) is 1.60. The average molecular weight is 342 g/mol. The van der Waals surface area contributed by atoms with Crippen LogP contribution in [-0.4, -0.2) is 20.3 Å². The van der Waals surface area contributed by atoms with Gasteiger partial charge in [0, 0.05) is 13.0 Å². The van der Waals surface area contributed by atoms with E-state index in [0.29, 0.717) is 56.0 Å². The van der Waals surface area contributed by atoms with E-state index in [-0.39, 0.29) is 5.82 Å². The lowest BCUT2D eigenvalue weighted by molar-refractivity contribution is 0.290. The minimum absolute atomic E-state index is 0.165. The van der Waals surface area contributed by atoms with Crippen LogP contribution in [0.5, 0.6) is 11.5 Å². The lowest BCUT2D eigenvalue weighted by atomic mass is 10.1. The Labute approximate surface area is 148 Å². The fourth-order valence-electron chi connectivity index (χ4n) is 2.43. The molecule has 1 N–H and O–H groups in total. The lowest BCUT2D eigenvalue weighted by Gasteiger charge is -2.12. The van der Waals surface area contributed by atoms with E-state index in [2.05, 4.69) is 11.4 Å². The van der Waals surface area contributed by atoms with Crippen molar-refractivity contribution in [3.63, 3.8) is 0 Å². The Kier molecular flexibility index (Phi) is 7.74. The minimum Gasteiger partial charge on any atom is -0.493 e. The zero-order chi connectivity index (χ0) is 17.9. The Morgan fingerprint density at radius 2 is 2.00 bits per heavy atom. The zero-order valence-electron chi connectivity index (χ0n) is 14.4. The van der Waals surface area contributed by atoms with Crippen molar-refractivity contribution in [2.45, 2.75) is 25.8 Å². The van der Waals surface area contributed by atoms with E-state index in [9.17, 15) is 4.39 Å². The second-order valence-electron chi connectivity index (χ2n) is 5.61. The number of halogens is 1. The molecule has 2 rings (SSSR count). The molecule has 0 fully saturated rings. The van der Waals surface area contributed by atoms with E-state index < -0.39 is 0 Å². The number of ether oxygens (including phenoxy) is 2. The second kappa shape index (κ2) is 10.3. The SMILES string of the molecule is COc1ccc(CNCCc2ccccc2F)cc1OCCCC#N. The number of nitrogens with zero attached hydrogens (tertiary/aromatic N) is 1. The highest BCUT2D eigenvalue weighted by molar-refractivity contribution is 5.43. The number of methoxy groups -OCH3 is 1. The van der Waals surface area contributed by atoms with Gasteiger partial charge < -0.3 is 14.8 Å². The number of hydrogen-bond donors (Lipinski definition) is 1. The van der Waals surface area contributed by atoms with Crippen LogP contribution in [-0.2, 0) is 13.0 Å². The van der Waals surface area contributed by atoms with Gasteiger partial charge in [-0.3, -0.25) is 0 Å². The molecule has 0 unspecified atom stereocenters. The predicted octanol–water partition coefficient (Wildman–Crippen LogP) is 3.85. The number of unbranched alkanes of at least 4 members (excludes halogenated alkanes) is 1. The van der Waals surface area contributed by atoms with Crippen molar-refractivity contribution < 1.29 is 13.9 Å². The van der Waals surface area contributed by atoms with Gasteiger partial charge in [-0.25, -0.2) is 4.39 Å². The Morgan fingerprint density at radius 3 is 2.76 bits per heavy atom. The second-order valence-corrected chi connectivity index (χ2v) is 5.61. The van der Waals surface area contributed by atoms with Crippen LogP contribution in [0.4, 0.5) is 4.39 Å². The first-order chi connectivity index (χ1) is 12.2. The highest BCUT2D eigenvalue weighted by Crippen LogP contribution is 2.28. The quantitative estimate of drug-likeness (QED) is 0.666. The van der Waals surface area contributed by atoms with Crippen LogP contribution in [0.2, 0.25) is 0 Å². The molecular weight excluding hydrogens is 319 g/mol. The molecule has 0 heterocycles. The maximum Gasteiger partial charge on any atom is 0.161 e. The molecule has 0 spiro atoms. The third-order valence-corrected chi connectivity index (χ3v) is 3.78. The zero-order valence-corrected chi connectivity index (χ0v) is 14.4. The first-order valence-corrected chi connectivity index (χ1v) is 8.35. The summed E-state index contributed by atoms with van der Waals surface area (Å²) in [6.45, 7) is 1.83. The third-order valence-electron chi connectivity index (χ3n) is 3.78. The molecule has 0 radical (unpaired) electrons. The maximum atomic E-state index is 13.6. The van der Waals surface area contributed by atoms with Crippen molar-refractivity contribution in [2.75, 3.05) is 20.3 Å². The van der Waals surface area contributed by atoms with Gasteiger partial charge in [-0.2, -0.15) is 5.26 Å². The van der Waals surface area contributed by atoms with Crippen molar-refractivity contribution in [1.82, 2.24) is 5.32 Å². The molecule has 25 heavy (non-hydrogen) atoms. The van der Waals surface area contributed by atoms with E-state index in [0.717, 1.165) is 5.56 Å². The summed E-state index contributed by atoms with van der Waals surface area (Å²) >= 11 is 0. The van der Waals surface area contributed by atoms with Crippen molar-refractivity contribution in [3.8, 4) is 17.6 Å². The van der Waals surface area contributed by atoms with Crippen molar-refractivity contribution in [2.24, 2.45) is 0 Å². The van der Waals surface area contributed by atoms with Gasteiger partial charge in [-0.05, 0) is 48.7 Å². The summed E-state index contributed by atoms with van der Waals surface area (Å²) < 4.78 is 24.6. The van der Waals surface area contributed by atoms with Crippen LogP contribution in [0.15, 0.2) is 42.5 Å². The third kappa shape index (κ3) is 6.09. The summed E-state index contributed by atoms with van der Waals surface area (Å²) in [5.41, 5.74) is 1.77. The number of rotatable bonds is 10. The van der Waals surface area contributed by atoms with E-state index in [1.165, 1.54) is 6.07 Å². The summed E-state index contributed by atoms with van der Waals surface area (Å²) in [6.07, 6.45) is 1.80. The highest BCUT2D eigenvalue weighted by atomic mass is 19.1. The molecule has 0 aliphatic rings. The minimum atomic E-state index is -0.165. The van der Waals surface area contributed by atoms with Crippen LogP contribution in [0.25, 0.3) is 0 Å². The number of nitrogens with one attached hydrogen (secondary N) is 1. The molecule has 0 saturated heterocycles. The van der Waals surface area contributed by atoms with Crippen LogP contribution in [0.3, 0.4) is 0 Å². The maximum absolute atomic E-state index is 13.6. The van der Waals surface area contributed by atoms with E-state index in [1.54, 1.807) is 19.2 Å². The molecular formula is C20H23FN2O2. The van der Waals surface area contributed by atoms with Gasteiger partial charge in [0.1, 0.15) is 5.82 Å². The smallest absolute Gasteiger partial charge is 0.161 e. The summed E-state index contributed by atoms with van der Waals surface area (Å²) in [4.78, 5) is 0. The monoisotopic (exact) mass is 342 g/mol. The highest BCUT2D eigenvalue weighted by Gasteiger charge is 2.06. The van der Waals surface area contributed by atoms with Crippen LogP contribution >= 0.6 is 0 Å². The van der Waals surface area contributed by atoms with Gasteiger partial charge in [0.05, 0.1) is 19.8 Å². The molecule has 0 aromatic heterocycles. The number of hydrogen-bond acceptors (Lipinski definition) is 4. The topological polar surface area (TPSA) is 54.3 Å². The standard InChI is InChI=1S/C20H23FN2O2/c1-24-19-9-8-16(14-20(19)25-13-5-4-11-22)15-23-12-10-17-6-2-3-7-18(17)21/h2-3,6-9,14,23H,4-5,10,12-13,15H2,1H3. The van der Waals surface area contributed by atoms with E-state index in [1.807, 2.05) is 24.3 Å². The molecule has 4 nitrogen and oxygen atoms in total. The van der Waals surface area contributed by atoms with Gasteiger partial charge >= 0.3 is 0 Å². The van der Waals surface area contributed by atoms with E-state index >= 15 is 0 Å². The largest absolute Gasteiger partial charge is 0.493 e. The van der Waals surface area contributed by atoms with Gasteiger partial charge in [-0.1, -0.05) is 24.3 Å². The normalized spacial score (nSPS) is 10.3. The first-order valence-electron chi connectivity index (χ1n) is 8.35. The molecule has 0 aliphatic carbocycles. The van der Waals surface area contributed by atoms with Crippen molar-refractivity contribution in [1.29, 1.82) is 5.26 Å². The average Bonchev–Trinajstić information content (AvgIpc) is 2.64. The van der Waals surface area contributed by atoms with Gasteiger partial charge in [-0.15, -0.1) is 0 Å². The number of benzene rings is 2. The van der Waals surface area contributed by atoms with Crippen molar-refractivity contribution in [3.05, 3.63) is 59.4 Å². The van der Waals surface area contributed by atoms with Gasteiger partial charge in [0.15, 0.2) is 11.5 Å². The summed E-state index contributed by atoms with van der Waals surface area (Å²) in [6, 6.07) is 14.7. The van der Waals surface area contributed by atoms with Crippen LogP contribution < -0.4 is 14.8 Å². The molecule has 0 bridgehead atoms. The predicted molar refractivity (Wildman–Crippen MR) is 95.1 cm³/mol. The molecule has 5 heteroatoms. The Balaban J connectivity index is 1.84.